The van der Waals surface area contributed by atoms with Crippen LogP contribution in [0.5, 0.6) is 11.5 Å². The van der Waals surface area contributed by atoms with E-state index in [-0.39, 0.29) is 11.9 Å². The highest BCUT2D eigenvalue weighted by molar-refractivity contribution is 9.09. The summed E-state index contributed by atoms with van der Waals surface area (Å²) in [5.74, 6) is 1.37. The zero-order valence-electron chi connectivity index (χ0n) is 11.8. The first-order valence-electron chi connectivity index (χ1n) is 6.78. The molecule has 0 spiro atoms. The van der Waals surface area contributed by atoms with E-state index in [1.54, 1.807) is 14.2 Å². The van der Waals surface area contributed by atoms with Crippen molar-refractivity contribution in [3.05, 3.63) is 23.8 Å². The second-order valence-corrected chi connectivity index (χ2v) is 6.16. The molecule has 1 saturated carbocycles. The normalized spacial score (nSPS) is 21.6. The van der Waals surface area contributed by atoms with Gasteiger partial charge in [-0.1, -0.05) is 28.4 Å². The molecule has 5 heteroatoms. The lowest BCUT2D eigenvalue weighted by molar-refractivity contribution is -0.121. The van der Waals surface area contributed by atoms with E-state index in [1.807, 2.05) is 18.2 Å². The van der Waals surface area contributed by atoms with Gasteiger partial charge in [-0.05, 0) is 30.5 Å². The Labute approximate surface area is 128 Å². The summed E-state index contributed by atoms with van der Waals surface area (Å²) < 4.78 is 10.4. The number of carbonyl (C=O) groups excluding carboxylic acids is 1. The lowest BCUT2D eigenvalue weighted by atomic mass is 10.1. The molecular weight excluding hydrogens is 322 g/mol. The zero-order valence-corrected chi connectivity index (χ0v) is 13.4. The summed E-state index contributed by atoms with van der Waals surface area (Å²) in [5, 5.41) is 3.09. The number of ether oxygens (including phenoxy) is 2. The molecule has 2 unspecified atom stereocenters. The SMILES string of the molecule is COc1ccc(CC(=O)NC2CCCC2Br)cc1OC. The number of hydrogen-bond donors (Lipinski definition) is 1. The summed E-state index contributed by atoms with van der Waals surface area (Å²) in [4.78, 5) is 12.5. The number of alkyl halides is 1. The number of hydrogen-bond acceptors (Lipinski definition) is 3. The molecule has 2 rings (SSSR count). The maximum absolute atomic E-state index is 12.1. The Bertz CT molecular complexity index is 478. The summed E-state index contributed by atoms with van der Waals surface area (Å²) >= 11 is 3.61. The molecule has 110 valence electrons. The Morgan fingerprint density at radius 2 is 2.05 bits per heavy atom. The number of rotatable bonds is 5. The van der Waals surface area contributed by atoms with Crippen LogP contribution in [0, 0.1) is 0 Å². The molecule has 20 heavy (non-hydrogen) atoms. The first-order valence-corrected chi connectivity index (χ1v) is 7.70. The van der Waals surface area contributed by atoms with E-state index in [0.29, 0.717) is 22.7 Å². The maximum atomic E-state index is 12.1. The monoisotopic (exact) mass is 341 g/mol. The lowest BCUT2D eigenvalue weighted by Gasteiger charge is -2.16. The number of nitrogens with one attached hydrogen (secondary N) is 1. The van der Waals surface area contributed by atoms with E-state index in [1.165, 1.54) is 0 Å². The molecule has 1 aliphatic carbocycles. The molecule has 0 aliphatic heterocycles. The maximum Gasteiger partial charge on any atom is 0.224 e. The minimum absolute atomic E-state index is 0.0496. The standard InChI is InChI=1S/C15H20BrNO3/c1-19-13-7-6-10(8-14(13)20-2)9-15(18)17-12-5-3-4-11(12)16/h6-8,11-12H,3-5,9H2,1-2H3,(H,17,18). The van der Waals surface area contributed by atoms with Crippen molar-refractivity contribution < 1.29 is 14.3 Å². The predicted molar refractivity (Wildman–Crippen MR) is 81.7 cm³/mol. The quantitative estimate of drug-likeness (QED) is 0.837. The highest BCUT2D eigenvalue weighted by Gasteiger charge is 2.26. The van der Waals surface area contributed by atoms with Gasteiger partial charge in [0.2, 0.25) is 5.91 Å². The van der Waals surface area contributed by atoms with Crippen LogP contribution in [0.3, 0.4) is 0 Å². The fourth-order valence-electron chi connectivity index (χ4n) is 2.51. The second-order valence-electron chi connectivity index (χ2n) is 4.99. The summed E-state index contributed by atoms with van der Waals surface area (Å²) in [6.45, 7) is 0. The fourth-order valence-corrected chi connectivity index (χ4v) is 3.23. The van der Waals surface area contributed by atoms with Gasteiger partial charge in [-0.2, -0.15) is 0 Å². The molecule has 1 aromatic carbocycles. The average Bonchev–Trinajstić information content (AvgIpc) is 2.84. The summed E-state index contributed by atoms with van der Waals surface area (Å²) in [6, 6.07) is 5.81. The van der Waals surface area contributed by atoms with Gasteiger partial charge in [0.05, 0.1) is 20.6 Å². The molecular formula is C15H20BrNO3. The summed E-state index contributed by atoms with van der Waals surface area (Å²) in [6.07, 6.45) is 3.70. The summed E-state index contributed by atoms with van der Waals surface area (Å²) in [7, 11) is 3.19. The van der Waals surface area contributed by atoms with E-state index in [2.05, 4.69) is 21.2 Å². The molecule has 1 amide bonds. The third-order valence-electron chi connectivity index (χ3n) is 3.59. The van der Waals surface area contributed by atoms with Gasteiger partial charge in [0.25, 0.3) is 0 Å². The molecule has 1 aliphatic rings. The smallest absolute Gasteiger partial charge is 0.224 e. The largest absolute Gasteiger partial charge is 0.493 e. The zero-order chi connectivity index (χ0) is 14.5. The van der Waals surface area contributed by atoms with Gasteiger partial charge in [0.1, 0.15) is 0 Å². The van der Waals surface area contributed by atoms with Gasteiger partial charge in [0.15, 0.2) is 11.5 Å². The van der Waals surface area contributed by atoms with Crippen molar-refractivity contribution in [3.8, 4) is 11.5 Å². The van der Waals surface area contributed by atoms with Crippen LogP contribution in [0.15, 0.2) is 18.2 Å². The molecule has 0 bridgehead atoms. The third kappa shape index (κ3) is 3.66. The van der Waals surface area contributed by atoms with Crippen molar-refractivity contribution in [2.75, 3.05) is 14.2 Å². The fraction of sp³-hybridized carbons (Fsp3) is 0.533. The Kier molecular flexibility index (Phi) is 5.29. The molecule has 4 nitrogen and oxygen atoms in total. The minimum Gasteiger partial charge on any atom is -0.493 e. The van der Waals surface area contributed by atoms with Gasteiger partial charge in [-0.25, -0.2) is 0 Å². The number of benzene rings is 1. The van der Waals surface area contributed by atoms with Gasteiger partial charge in [-0.3, -0.25) is 4.79 Å². The van der Waals surface area contributed by atoms with Gasteiger partial charge in [0, 0.05) is 10.9 Å². The van der Waals surface area contributed by atoms with Crippen LogP contribution in [-0.4, -0.2) is 31.0 Å². The van der Waals surface area contributed by atoms with Crippen LogP contribution in [0.1, 0.15) is 24.8 Å². The van der Waals surface area contributed by atoms with E-state index in [9.17, 15) is 4.79 Å². The Hall–Kier alpha value is -1.23. The van der Waals surface area contributed by atoms with E-state index < -0.39 is 0 Å². The van der Waals surface area contributed by atoms with Crippen molar-refractivity contribution >= 4 is 21.8 Å². The van der Waals surface area contributed by atoms with Crippen LogP contribution in [0.4, 0.5) is 0 Å². The molecule has 1 fully saturated rings. The van der Waals surface area contributed by atoms with Crippen LogP contribution >= 0.6 is 15.9 Å². The minimum atomic E-state index is 0.0496. The molecule has 0 saturated heterocycles. The average molecular weight is 342 g/mol. The van der Waals surface area contributed by atoms with Crippen LogP contribution in [0.2, 0.25) is 0 Å². The summed E-state index contributed by atoms with van der Waals surface area (Å²) in [5.41, 5.74) is 0.921. The van der Waals surface area contributed by atoms with Crippen LogP contribution in [-0.2, 0) is 11.2 Å². The number of carbonyl (C=O) groups is 1. The van der Waals surface area contributed by atoms with Crippen molar-refractivity contribution in [1.29, 1.82) is 0 Å². The topological polar surface area (TPSA) is 47.6 Å². The molecule has 1 N–H and O–H groups in total. The van der Waals surface area contributed by atoms with Crippen molar-refractivity contribution in [2.45, 2.75) is 36.6 Å². The lowest BCUT2D eigenvalue weighted by Crippen LogP contribution is -2.38. The van der Waals surface area contributed by atoms with Crippen LogP contribution < -0.4 is 14.8 Å². The molecule has 0 aromatic heterocycles. The highest BCUT2D eigenvalue weighted by Crippen LogP contribution is 2.28. The number of halogens is 1. The third-order valence-corrected chi connectivity index (χ3v) is 4.69. The second kappa shape index (κ2) is 6.97. The van der Waals surface area contributed by atoms with Crippen molar-refractivity contribution in [1.82, 2.24) is 5.32 Å². The van der Waals surface area contributed by atoms with Crippen molar-refractivity contribution in [3.63, 3.8) is 0 Å². The Morgan fingerprint density at radius 3 is 2.65 bits per heavy atom. The Morgan fingerprint density at radius 1 is 1.30 bits per heavy atom. The van der Waals surface area contributed by atoms with Crippen molar-refractivity contribution in [2.24, 2.45) is 0 Å². The molecule has 0 heterocycles. The molecule has 2 atom stereocenters. The van der Waals surface area contributed by atoms with E-state index in [4.69, 9.17) is 9.47 Å². The number of amides is 1. The first-order chi connectivity index (χ1) is 9.63. The predicted octanol–water partition coefficient (Wildman–Crippen LogP) is 2.68. The number of methoxy groups -OCH3 is 2. The van der Waals surface area contributed by atoms with Gasteiger partial charge >= 0.3 is 0 Å². The Balaban J connectivity index is 1.97. The first kappa shape index (κ1) is 15.2. The van der Waals surface area contributed by atoms with Crippen LogP contribution in [0.25, 0.3) is 0 Å². The van der Waals surface area contributed by atoms with Gasteiger partial charge < -0.3 is 14.8 Å². The molecule has 0 radical (unpaired) electrons. The highest BCUT2D eigenvalue weighted by atomic mass is 79.9. The van der Waals surface area contributed by atoms with E-state index >= 15 is 0 Å². The van der Waals surface area contributed by atoms with Gasteiger partial charge in [-0.15, -0.1) is 0 Å². The molecule has 1 aromatic rings. The van der Waals surface area contributed by atoms with E-state index in [0.717, 1.165) is 24.8 Å².